The molecule has 1 aliphatic rings. The number of fused-ring (bicyclic) bond motifs is 1. The third-order valence-corrected chi connectivity index (χ3v) is 2.74. The molecule has 0 unspecified atom stereocenters. The summed E-state index contributed by atoms with van der Waals surface area (Å²) in [5, 5.41) is 3.30. The maximum atomic E-state index is 5.85. The van der Waals surface area contributed by atoms with E-state index in [-0.39, 0.29) is 0 Å². The highest BCUT2D eigenvalue weighted by molar-refractivity contribution is 5.37. The van der Waals surface area contributed by atoms with E-state index in [0.29, 0.717) is 12.5 Å². The fourth-order valence-corrected chi connectivity index (χ4v) is 2.11. The Bertz CT molecular complexity index is 328. The average Bonchev–Trinajstić information content (AvgIpc) is 2.67. The Morgan fingerprint density at radius 2 is 2.21 bits per heavy atom. The van der Waals surface area contributed by atoms with Crippen LogP contribution in [0.4, 0.5) is 0 Å². The number of rotatable bonds is 3. The molecular formula is C11H18N2O. The molecule has 2 heterocycles. The van der Waals surface area contributed by atoms with Crippen LogP contribution in [-0.4, -0.2) is 6.54 Å². The second kappa shape index (κ2) is 3.75. The summed E-state index contributed by atoms with van der Waals surface area (Å²) in [6, 6.07) is 0. The van der Waals surface area contributed by atoms with Crippen LogP contribution < -0.4 is 11.1 Å². The highest BCUT2D eigenvalue weighted by Gasteiger charge is 2.24. The highest BCUT2D eigenvalue weighted by atomic mass is 16.3. The maximum Gasteiger partial charge on any atom is 0.122 e. The Labute approximate surface area is 84.7 Å². The van der Waals surface area contributed by atoms with Crippen LogP contribution in [0.1, 0.15) is 42.4 Å². The molecular weight excluding hydrogens is 176 g/mol. The Kier molecular flexibility index (Phi) is 2.61. The van der Waals surface area contributed by atoms with E-state index in [2.05, 4.69) is 19.2 Å². The molecule has 78 valence electrons. The van der Waals surface area contributed by atoms with Gasteiger partial charge in [0, 0.05) is 18.0 Å². The van der Waals surface area contributed by atoms with Gasteiger partial charge in [0.25, 0.3) is 0 Å². The third-order valence-electron chi connectivity index (χ3n) is 2.74. The lowest BCUT2D eigenvalue weighted by atomic mass is 10.0. The van der Waals surface area contributed by atoms with Crippen molar-refractivity contribution in [1.29, 1.82) is 0 Å². The van der Waals surface area contributed by atoms with Gasteiger partial charge in [0.1, 0.15) is 11.5 Å². The number of furan rings is 1. The molecule has 2 rings (SSSR count). The Hall–Kier alpha value is -0.800. The molecule has 0 fully saturated rings. The molecule has 0 amide bonds. The SMILES string of the molecule is CC(C)c1oc2c(c1CCN)CNC2. The fourth-order valence-electron chi connectivity index (χ4n) is 2.11. The molecule has 0 aromatic carbocycles. The first-order valence-electron chi connectivity index (χ1n) is 5.28. The minimum Gasteiger partial charge on any atom is -0.464 e. The molecule has 1 aromatic heterocycles. The van der Waals surface area contributed by atoms with Gasteiger partial charge >= 0.3 is 0 Å². The number of nitrogens with two attached hydrogens (primary N) is 1. The van der Waals surface area contributed by atoms with Crippen molar-refractivity contribution in [1.82, 2.24) is 5.32 Å². The number of hydrogen-bond acceptors (Lipinski definition) is 3. The first-order valence-corrected chi connectivity index (χ1v) is 5.28. The zero-order valence-electron chi connectivity index (χ0n) is 8.89. The summed E-state index contributed by atoms with van der Waals surface area (Å²) in [6.45, 7) is 6.86. The van der Waals surface area contributed by atoms with E-state index in [4.69, 9.17) is 10.2 Å². The standard InChI is InChI=1S/C11H18N2O/c1-7(2)11-8(3-4-12)9-5-13-6-10(9)14-11/h7,13H,3-6,12H2,1-2H3. The maximum absolute atomic E-state index is 5.85. The predicted octanol–water partition coefficient (Wildman–Crippen LogP) is 1.51. The van der Waals surface area contributed by atoms with Crippen molar-refractivity contribution in [3.05, 3.63) is 22.6 Å². The summed E-state index contributed by atoms with van der Waals surface area (Å²) in [7, 11) is 0. The van der Waals surface area contributed by atoms with Gasteiger partial charge in [-0.1, -0.05) is 13.8 Å². The van der Waals surface area contributed by atoms with Crippen molar-refractivity contribution >= 4 is 0 Å². The molecule has 1 aliphatic heterocycles. The monoisotopic (exact) mass is 194 g/mol. The molecule has 3 N–H and O–H groups in total. The summed E-state index contributed by atoms with van der Waals surface area (Å²) in [6.07, 6.45) is 0.939. The van der Waals surface area contributed by atoms with Crippen LogP contribution in [0, 0.1) is 0 Å². The normalized spacial score (nSPS) is 15.1. The lowest BCUT2D eigenvalue weighted by molar-refractivity contribution is 0.440. The van der Waals surface area contributed by atoms with E-state index in [1.807, 2.05) is 0 Å². The van der Waals surface area contributed by atoms with Crippen molar-refractivity contribution in [3.63, 3.8) is 0 Å². The van der Waals surface area contributed by atoms with Gasteiger partial charge in [-0.2, -0.15) is 0 Å². The quantitative estimate of drug-likeness (QED) is 0.766. The van der Waals surface area contributed by atoms with Crippen LogP contribution in [0.25, 0.3) is 0 Å². The van der Waals surface area contributed by atoms with Gasteiger partial charge in [-0.15, -0.1) is 0 Å². The second-order valence-electron chi connectivity index (χ2n) is 4.14. The first kappa shape index (κ1) is 9.74. The van der Waals surface area contributed by atoms with E-state index < -0.39 is 0 Å². The van der Waals surface area contributed by atoms with Gasteiger partial charge in [-0.25, -0.2) is 0 Å². The van der Waals surface area contributed by atoms with Gasteiger partial charge in [0.2, 0.25) is 0 Å². The van der Waals surface area contributed by atoms with E-state index >= 15 is 0 Å². The first-order chi connectivity index (χ1) is 6.74. The lowest BCUT2D eigenvalue weighted by Gasteiger charge is -2.06. The second-order valence-corrected chi connectivity index (χ2v) is 4.14. The zero-order chi connectivity index (χ0) is 10.1. The van der Waals surface area contributed by atoms with Crippen molar-refractivity contribution in [2.75, 3.05) is 6.54 Å². The van der Waals surface area contributed by atoms with Crippen LogP contribution in [-0.2, 0) is 19.5 Å². The van der Waals surface area contributed by atoms with Gasteiger partial charge in [0.05, 0.1) is 6.54 Å². The molecule has 0 spiro atoms. The Balaban J connectivity index is 2.40. The molecule has 0 bridgehead atoms. The lowest BCUT2D eigenvalue weighted by Crippen LogP contribution is -2.08. The van der Waals surface area contributed by atoms with Crippen LogP contribution in [0.15, 0.2) is 4.42 Å². The van der Waals surface area contributed by atoms with Crippen molar-refractivity contribution < 1.29 is 4.42 Å². The van der Waals surface area contributed by atoms with Crippen molar-refractivity contribution in [2.45, 2.75) is 39.3 Å². The molecule has 1 aromatic rings. The van der Waals surface area contributed by atoms with Crippen molar-refractivity contribution in [2.24, 2.45) is 5.73 Å². The summed E-state index contributed by atoms with van der Waals surface area (Å²) in [4.78, 5) is 0. The van der Waals surface area contributed by atoms with Gasteiger partial charge in [-0.05, 0) is 18.5 Å². The van der Waals surface area contributed by atoms with Gasteiger partial charge in [0.15, 0.2) is 0 Å². The molecule has 0 aliphatic carbocycles. The molecule has 0 radical (unpaired) electrons. The Morgan fingerprint density at radius 3 is 2.86 bits per heavy atom. The predicted molar refractivity (Wildman–Crippen MR) is 56.1 cm³/mol. The topological polar surface area (TPSA) is 51.2 Å². The molecule has 0 saturated carbocycles. The van der Waals surface area contributed by atoms with E-state index in [1.165, 1.54) is 11.1 Å². The number of hydrogen-bond donors (Lipinski definition) is 2. The average molecular weight is 194 g/mol. The zero-order valence-corrected chi connectivity index (χ0v) is 8.89. The van der Waals surface area contributed by atoms with Crippen LogP contribution in [0.2, 0.25) is 0 Å². The highest BCUT2D eigenvalue weighted by Crippen LogP contribution is 2.31. The molecule has 0 atom stereocenters. The van der Waals surface area contributed by atoms with E-state index in [0.717, 1.165) is 31.0 Å². The largest absolute Gasteiger partial charge is 0.464 e. The van der Waals surface area contributed by atoms with Crippen LogP contribution >= 0.6 is 0 Å². The molecule has 3 nitrogen and oxygen atoms in total. The van der Waals surface area contributed by atoms with E-state index in [9.17, 15) is 0 Å². The Morgan fingerprint density at radius 1 is 1.43 bits per heavy atom. The third kappa shape index (κ3) is 1.47. The minimum atomic E-state index is 0.460. The van der Waals surface area contributed by atoms with Crippen molar-refractivity contribution in [3.8, 4) is 0 Å². The molecule has 14 heavy (non-hydrogen) atoms. The molecule has 0 saturated heterocycles. The molecule has 3 heteroatoms. The van der Waals surface area contributed by atoms with Crippen LogP contribution in [0.5, 0.6) is 0 Å². The fraction of sp³-hybridized carbons (Fsp3) is 0.636. The summed E-state index contributed by atoms with van der Waals surface area (Å²) in [5.41, 5.74) is 8.33. The van der Waals surface area contributed by atoms with Crippen LogP contribution in [0.3, 0.4) is 0 Å². The number of nitrogens with one attached hydrogen (secondary N) is 1. The smallest absolute Gasteiger partial charge is 0.122 e. The summed E-state index contributed by atoms with van der Waals surface area (Å²) in [5.74, 6) is 2.72. The van der Waals surface area contributed by atoms with E-state index in [1.54, 1.807) is 0 Å². The minimum absolute atomic E-state index is 0.460. The summed E-state index contributed by atoms with van der Waals surface area (Å²) < 4.78 is 5.85. The summed E-state index contributed by atoms with van der Waals surface area (Å²) >= 11 is 0. The van der Waals surface area contributed by atoms with Gasteiger partial charge in [-0.3, -0.25) is 0 Å². The van der Waals surface area contributed by atoms with Gasteiger partial charge < -0.3 is 15.5 Å².